The number of ether oxygens (including phenoxy) is 2. The van der Waals surface area contributed by atoms with E-state index in [1.165, 1.54) is 34.0 Å². The number of amides is 1. The fourth-order valence-corrected chi connectivity index (χ4v) is 5.35. The maximum atomic E-state index is 12.7. The van der Waals surface area contributed by atoms with E-state index in [0.717, 1.165) is 10.1 Å². The maximum absolute atomic E-state index is 12.7. The number of anilines is 1. The van der Waals surface area contributed by atoms with E-state index in [9.17, 15) is 13.2 Å². The lowest BCUT2D eigenvalue weighted by molar-refractivity contribution is -0.118. The third-order valence-electron chi connectivity index (χ3n) is 4.51. The van der Waals surface area contributed by atoms with Crippen LogP contribution in [-0.2, 0) is 19.6 Å². The first-order valence-corrected chi connectivity index (χ1v) is 11.7. The minimum Gasteiger partial charge on any atom is -0.482 e. The number of hydrogen-bond donors (Lipinski definition) is 1. The minimum atomic E-state index is -3.66. The Morgan fingerprint density at radius 2 is 2.03 bits per heavy atom. The SMILES string of the molecule is O=C(COc1ccc(S(=O)(=O)N2CCOCC2)cc1Cl)Nc1ccc2sncc2c1. The van der Waals surface area contributed by atoms with Gasteiger partial charge in [-0.3, -0.25) is 4.79 Å². The second-order valence-corrected chi connectivity index (χ2v) is 9.70. The van der Waals surface area contributed by atoms with Gasteiger partial charge < -0.3 is 14.8 Å². The van der Waals surface area contributed by atoms with Crippen molar-refractivity contribution < 1.29 is 22.7 Å². The van der Waals surface area contributed by atoms with Crippen molar-refractivity contribution >= 4 is 54.8 Å². The lowest BCUT2D eigenvalue weighted by Gasteiger charge is -2.26. The molecule has 1 aliphatic heterocycles. The molecular weight excluding hydrogens is 450 g/mol. The van der Waals surface area contributed by atoms with E-state index < -0.39 is 10.0 Å². The van der Waals surface area contributed by atoms with E-state index in [2.05, 4.69) is 9.69 Å². The smallest absolute Gasteiger partial charge is 0.262 e. The van der Waals surface area contributed by atoms with Gasteiger partial charge in [0.25, 0.3) is 5.91 Å². The molecule has 30 heavy (non-hydrogen) atoms. The Labute approximate surface area is 182 Å². The van der Waals surface area contributed by atoms with Crippen LogP contribution in [0.25, 0.3) is 10.1 Å². The second-order valence-electron chi connectivity index (χ2n) is 6.52. The van der Waals surface area contributed by atoms with Gasteiger partial charge in [0.1, 0.15) is 5.75 Å². The topological polar surface area (TPSA) is 97.8 Å². The average Bonchev–Trinajstić information content (AvgIpc) is 3.21. The molecule has 0 radical (unpaired) electrons. The average molecular weight is 468 g/mol. The van der Waals surface area contributed by atoms with E-state index in [1.807, 2.05) is 12.1 Å². The molecular formula is C19H18ClN3O5S2. The third-order valence-corrected chi connectivity index (χ3v) is 7.48. The highest BCUT2D eigenvalue weighted by Gasteiger charge is 2.27. The van der Waals surface area contributed by atoms with Gasteiger partial charge in [-0.2, -0.15) is 8.68 Å². The number of benzene rings is 2. The molecule has 0 aliphatic carbocycles. The fourth-order valence-electron chi connectivity index (χ4n) is 2.99. The van der Waals surface area contributed by atoms with Crippen molar-refractivity contribution in [1.82, 2.24) is 8.68 Å². The molecule has 1 N–H and O–H groups in total. The predicted molar refractivity (Wildman–Crippen MR) is 115 cm³/mol. The summed E-state index contributed by atoms with van der Waals surface area (Å²) in [6.45, 7) is 1.05. The molecule has 2 heterocycles. The van der Waals surface area contributed by atoms with E-state index in [4.69, 9.17) is 21.1 Å². The summed E-state index contributed by atoms with van der Waals surface area (Å²) in [5.74, 6) is -0.135. The van der Waals surface area contributed by atoms with Gasteiger partial charge in [0.15, 0.2) is 6.61 Å². The summed E-state index contributed by atoms with van der Waals surface area (Å²) < 4.78 is 42.5. The Bertz CT molecular complexity index is 1180. The van der Waals surface area contributed by atoms with Gasteiger partial charge in [0, 0.05) is 30.4 Å². The van der Waals surface area contributed by atoms with Crippen LogP contribution in [0.2, 0.25) is 5.02 Å². The number of nitrogens with one attached hydrogen (secondary N) is 1. The van der Waals surface area contributed by atoms with Crippen LogP contribution in [0.15, 0.2) is 47.5 Å². The van der Waals surface area contributed by atoms with Crippen molar-refractivity contribution in [2.24, 2.45) is 0 Å². The predicted octanol–water partition coefficient (Wildman–Crippen LogP) is 2.99. The summed E-state index contributed by atoms with van der Waals surface area (Å²) in [4.78, 5) is 12.3. The van der Waals surface area contributed by atoms with E-state index in [-0.39, 0.29) is 28.2 Å². The molecule has 1 fully saturated rings. The Kier molecular flexibility index (Phi) is 6.21. The first-order valence-electron chi connectivity index (χ1n) is 9.08. The maximum Gasteiger partial charge on any atom is 0.262 e. The third kappa shape index (κ3) is 4.57. The molecule has 2 aromatic carbocycles. The normalized spacial score (nSPS) is 15.2. The molecule has 11 heteroatoms. The molecule has 1 aliphatic rings. The zero-order valence-electron chi connectivity index (χ0n) is 15.7. The standard InChI is InChI=1S/C19H18ClN3O5S2/c20-16-10-15(30(25,26)23-5-7-27-8-6-23)2-3-17(16)28-12-19(24)22-14-1-4-18-13(9-14)11-21-29-18/h1-4,9-11H,5-8,12H2,(H,22,24). The lowest BCUT2D eigenvalue weighted by atomic mass is 10.2. The van der Waals surface area contributed by atoms with Gasteiger partial charge in [-0.05, 0) is 47.9 Å². The summed E-state index contributed by atoms with van der Waals surface area (Å²) in [7, 11) is -3.66. The molecule has 4 rings (SSSR count). The van der Waals surface area contributed by atoms with E-state index >= 15 is 0 Å². The molecule has 0 spiro atoms. The van der Waals surface area contributed by atoms with Crippen molar-refractivity contribution in [3.63, 3.8) is 0 Å². The molecule has 0 unspecified atom stereocenters. The number of rotatable bonds is 6. The zero-order chi connectivity index (χ0) is 21.1. The van der Waals surface area contributed by atoms with Gasteiger partial charge in [-0.1, -0.05) is 11.6 Å². The highest BCUT2D eigenvalue weighted by molar-refractivity contribution is 7.89. The van der Waals surface area contributed by atoms with Crippen LogP contribution in [0.4, 0.5) is 5.69 Å². The molecule has 3 aromatic rings. The second kappa shape index (κ2) is 8.86. The van der Waals surface area contributed by atoms with Crippen LogP contribution in [-0.4, -0.2) is 55.9 Å². The first kappa shape index (κ1) is 21.0. The van der Waals surface area contributed by atoms with Crippen molar-refractivity contribution in [2.45, 2.75) is 4.90 Å². The number of sulfonamides is 1. The number of carbonyl (C=O) groups excluding carboxylic acids is 1. The molecule has 1 aromatic heterocycles. The minimum absolute atomic E-state index is 0.0730. The first-order chi connectivity index (χ1) is 14.4. The molecule has 0 bridgehead atoms. The van der Waals surface area contributed by atoms with Gasteiger partial charge >= 0.3 is 0 Å². The Morgan fingerprint density at radius 3 is 2.80 bits per heavy atom. The largest absolute Gasteiger partial charge is 0.482 e. The summed E-state index contributed by atoms with van der Waals surface area (Å²) in [6.07, 6.45) is 1.73. The van der Waals surface area contributed by atoms with Crippen LogP contribution < -0.4 is 10.1 Å². The van der Waals surface area contributed by atoms with Crippen molar-refractivity contribution in [3.8, 4) is 5.75 Å². The monoisotopic (exact) mass is 467 g/mol. The Balaban J connectivity index is 1.39. The number of halogens is 1. The van der Waals surface area contributed by atoms with Gasteiger partial charge in [0.05, 0.1) is 27.8 Å². The number of carbonyl (C=O) groups is 1. The summed E-state index contributed by atoms with van der Waals surface area (Å²) in [5.41, 5.74) is 0.634. The Hall–Kier alpha value is -2.24. The molecule has 1 saturated heterocycles. The quantitative estimate of drug-likeness (QED) is 0.598. The van der Waals surface area contributed by atoms with E-state index in [0.29, 0.717) is 32.0 Å². The fraction of sp³-hybridized carbons (Fsp3) is 0.263. The number of aromatic nitrogens is 1. The number of morpholine rings is 1. The van der Waals surface area contributed by atoms with Crippen LogP contribution in [0.5, 0.6) is 5.75 Å². The van der Waals surface area contributed by atoms with Gasteiger partial charge in [0.2, 0.25) is 10.0 Å². The van der Waals surface area contributed by atoms with Crippen LogP contribution >= 0.6 is 23.1 Å². The van der Waals surface area contributed by atoms with Gasteiger partial charge in [-0.25, -0.2) is 8.42 Å². The van der Waals surface area contributed by atoms with Crippen LogP contribution in [0.3, 0.4) is 0 Å². The van der Waals surface area contributed by atoms with Crippen LogP contribution in [0, 0.1) is 0 Å². The summed E-state index contributed by atoms with van der Waals surface area (Å²) >= 11 is 7.58. The van der Waals surface area contributed by atoms with Crippen molar-refractivity contribution in [3.05, 3.63) is 47.6 Å². The molecule has 1 amide bonds. The number of fused-ring (bicyclic) bond motifs is 1. The number of nitrogens with zero attached hydrogens (tertiary/aromatic N) is 2. The highest BCUT2D eigenvalue weighted by Crippen LogP contribution is 2.29. The summed E-state index contributed by atoms with van der Waals surface area (Å²) in [6, 6.07) is 9.70. The molecule has 8 nitrogen and oxygen atoms in total. The van der Waals surface area contributed by atoms with E-state index in [1.54, 1.807) is 12.3 Å². The molecule has 0 saturated carbocycles. The van der Waals surface area contributed by atoms with Crippen molar-refractivity contribution in [2.75, 3.05) is 38.2 Å². The highest BCUT2D eigenvalue weighted by atomic mass is 35.5. The lowest BCUT2D eigenvalue weighted by Crippen LogP contribution is -2.40. The molecule has 0 atom stereocenters. The number of hydrogen-bond acceptors (Lipinski definition) is 7. The van der Waals surface area contributed by atoms with Gasteiger partial charge in [-0.15, -0.1) is 0 Å². The Morgan fingerprint density at radius 1 is 1.23 bits per heavy atom. The van der Waals surface area contributed by atoms with Crippen molar-refractivity contribution in [1.29, 1.82) is 0 Å². The molecule has 158 valence electrons. The van der Waals surface area contributed by atoms with Crippen LogP contribution in [0.1, 0.15) is 0 Å². The zero-order valence-corrected chi connectivity index (χ0v) is 18.1. The summed E-state index contributed by atoms with van der Waals surface area (Å²) in [5, 5.41) is 3.80.